The third-order valence-electron chi connectivity index (χ3n) is 4.99. The van der Waals surface area contributed by atoms with E-state index in [2.05, 4.69) is 5.32 Å². The number of carbonyl (C=O) groups is 2. The fourth-order valence-corrected chi connectivity index (χ4v) is 3.44. The van der Waals surface area contributed by atoms with Gasteiger partial charge in [-0.15, -0.1) is 0 Å². The van der Waals surface area contributed by atoms with Crippen LogP contribution in [0.25, 0.3) is 6.08 Å². The molecule has 1 heterocycles. The molecule has 2 aromatic rings. The fraction of sp³-hybridized carbons (Fsp3) is 0.227. The second kappa shape index (κ2) is 8.05. The van der Waals surface area contributed by atoms with E-state index in [9.17, 15) is 9.59 Å². The zero-order valence-electron chi connectivity index (χ0n) is 17.0. The van der Waals surface area contributed by atoms with Crippen LogP contribution in [0.2, 0.25) is 0 Å². The van der Waals surface area contributed by atoms with Crippen molar-refractivity contribution in [2.45, 2.75) is 20.8 Å². The molecule has 1 N–H and O–H groups in total. The van der Waals surface area contributed by atoms with Gasteiger partial charge in [0.15, 0.2) is 16.6 Å². The number of nitrogens with zero attached hydrogens (tertiary/aromatic N) is 1. The molecule has 0 aromatic heterocycles. The van der Waals surface area contributed by atoms with Crippen molar-refractivity contribution in [2.75, 3.05) is 19.1 Å². The van der Waals surface area contributed by atoms with Crippen LogP contribution in [0.1, 0.15) is 22.3 Å². The molecule has 2 amide bonds. The van der Waals surface area contributed by atoms with Gasteiger partial charge in [-0.3, -0.25) is 19.8 Å². The Morgan fingerprint density at radius 1 is 1.00 bits per heavy atom. The van der Waals surface area contributed by atoms with Crippen LogP contribution >= 0.6 is 12.2 Å². The molecule has 6 nitrogen and oxygen atoms in total. The SMILES string of the molecule is COc1cc(C)c(/C=C2\C(=O)NC(=S)N(c3cccc(C)c3C)C2=O)cc1OC. The minimum atomic E-state index is -0.532. The van der Waals surface area contributed by atoms with E-state index in [-0.39, 0.29) is 10.7 Å². The van der Waals surface area contributed by atoms with Crippen molar-refractivity contribution in [1.29, 1.82) is 0 Å². The summed E-state index contributed by atoms with van der Waals surface area (Å²) in [5, 5.41) is 2.68. The Balaban J connectivity index is 2.10. The number of hydrogen-bond donors (Lipinski definition) is 1. The Kier molecular flexibility index (Phi) is 5.70. The number of carbonyl (C=O) groups excluding carboxylic acids is 2. The quantitative estimate of drug-likeness (QED) is 0.475. The Hall–Kier alpha value is -3.19. The Bertz CT molecular complexity index is 1060. The van der Waals surface area contributed by atoms with E-state index in [4.69, 9.17) is 21.7 Å². The molecule has 0 spiro atoms. The van der Waals surface area contributed by atoms with Crippen LogP contribution in [0.3, 0.4) is 0 Å². The van der Waals surface area contributed by atoms with Gasteiger partial charge in [-0.25, -0.2) is 0 Å². The lowest BCUT2D eigenvalue weighted by molar-refractivity contribution is -0.122. The predicted molar refractivity (Wildman–Crippen MR) is 116 cm³/mol. The van der Waals surface area contributed by atoms with E-state index in [1.54, 1.807) is 25.3 Å². The van der Waals surface area contributed by atoms with Gasteiger partial charge in [-0.05, 0) is 79.5 Å². The molecule has 0 bridgehead atoms. The number of methoxy groups -OCH3 is 2. The molecular weight excluding hydrogens is 388 g/mol. The van der Waals surface area contributed by atoms with Crippen molar-refractivity contribution in [2.24, 2.45) is 0 Å². The average Bonchev–Trinajstić information content (AvgIpc) is 2.68. The average molecular weight is 410 g/mol. The highest BCUT2D eigenvalue weighted by molar-refractivity contribution is 7.80. The Labute approximate surface area is 175 Å². The maximum absolute atomic E-state index is 13.3. The number of rotatable bonds is 4. The van der Waals surface area contributed by atoms with Crippen LogP contribution in [-0.2, 0) is 9.59 Å². The van der Waals surface area contributed by atoms with Crippen LogP contribution in [0.5, 0.6) is 11.5 Å². The zero-order chi connectivity index (χ0) is 21.3. The maximum Gasteiger partial charge on any atom is 0.270 e. The zero-order valence-corrected chi connectivity index (χ0v) is 17.8. The normalized spacial score (nSPS) is 15.6. The van der Waals surface area contributed by atoms with Crippen LogP contribution in [0, 0.1) is 20.8 Å². The second-order valence-corrected chi connectivity index (χ2v) is 7.13. The van der Waals surface area contributed by atoms with Crippen molar-refractivity contribution >= 4 is 40.9 Å². The molecule has 1 fully saturated rings. The molecule has 7 heteroatoms. The van der Waals surface area contributed by atoms with Crippen LogP contribution < -0.4 is 19.7 Å². The lowest BCUT2D eigenvalue weighted by atomic mass is 10.0. The molecule has 1 aliphatic rings. The van der Waals surface area contributed by atoms with Gasteiger partial charge in [-0.2, -0.15) is 0 Å². The number of thiocarbonyl (C=S) groups is 1. The van der Waals surface area contributed by atoms with E-state index < -0.39 is 11.8 Å². The largest absolute Gasteiger partial charge is 0.493 e. The van der Waals surface area contributed by atoms with Crippen molar-refractivity contribution in [3.05, 3.63) is 58.2 Å². The highest BCUT2D eigenvalue weighted by Gasteiger charge is 2.35. The van der Waals surface area contributed by atoms with E-state index in [0.29, 0.717) is 22.7 Å². The molecular formula is C22H22N2O4S. The van der Waals surface area contributed by atoms with Gasteiger partial charge >= 0.3 is 0 Å². The van der Waals surface area contributed by atoms with E-state index in [0.717, 1.165) is 16.7 Å². The summed E-state index contributed by atoms with van der Waals surface area (Å²) in [7, 11) is 3.08. The van der Waals surface area contributed by atoms with Gasteiger partial charge in [0.2, 0.25) is 0 Å². The highest BCUT2D eigenvalue weighted by Crippen LogP contribution is 2.32. The molecule has 0 saturated carbocycles. The molecule has 3 rings (SSSR count). The molecule has 150 valence electrons. The number of ether oxygens (including phenoxy) is 2. The second-order valence-electron chi connectivity index (χ2n) is 6.74. The van der Waals surface area contributed by atoms with Gasteiger partial charge in [0.1, 0.15) is 5.57 Å². The maximum atomic E-state index is 13.3. The third kappa shape index (κ3) is 3.73. The number of hydrogen-bond acceptors (Lipinski definition) is 5. The van der Waals surface area contributed by atoms with Gasteiger partial charge in [0.05, 0.1) is 19.9 Å². The summed E-state index contributed by atoms with van der Waals surface area (Å²) in [5.74, 6) is 0.0812. The van der Waals surface area contributed by atoms with Gasteiger partial charge < -0.3 is 9.47 Å². The molecule has 0 radical (unpaired) electrons. The van der Waals surface area contributed by atoms with Gasteiger partial charge in [0, 0.05) is 0 Å². The fourth-order valence-electron chi connectivity index (χ4n) is 3.16. The van der Waals surface area contributed by atoms with Crippen molar-refractivity contribution in [3.63, 3.8) is 0 Å². The molecule has 29 heavy (non-hydrogen) atoms. The molecule has 1 aliphatic heterocycles. The first-order valence-corrected chi connectivity index (χ1v) is 9.39. The molecule has 2 aromatic carbocycles. The summed E-state index contributed by atoms with van der Waals surface area (Å²) < 4.78 is 10.6. The summed E-state index contributed by atoms with van der Waals surface area (Å²) in [5.41, 5.74) is 4.10. The first kappa shape index (κ1) is 20.5. The monoisotopic (exact) mass is 410 g/mol. The number of benzene rings is 2. The van der Waals surface area contributed by atoms with Crippen LogP contribution in [-0.4, -0.2) is 31.1 Å². The standard InChI is InChI=1S/C22H22N2O4S/c1-12-7-6-8-17(14(12)3)24-21(26)16(20(25)23-22(24)29)10-15-11-19(28-5)18(27-4)9-13(15)2/h6-11H,1-5H3,(H,23,25,29)/b16-10+. The number of aryl methyl sites for hydroxylation is 2. The van der Waals surface area contributed by atoms with Crippen molar-refractivity contribution in [1.82, 2.24) is 5.32 Å². The van der Waals surface area contributed by atoms with E-state index in [1.165, 1.54) is 12.0 Å². The van der Waals surface area contributed by atoms with Crippen molar-refractivity contribution < 1.29 is 19.1 Å². The number of nitrogens with one attached hydrogen (secondary N) is 1. The van der Waals surface area contributed by atoms with Crippen molar-refractivity contribution in [3.8, 4) is 11.5 Å². The first-order chi connectivity index (χ1) is 13.8. The van der Waals surface area contributed by atoms with E-state index in [1.807, 2.05) is 39.0 Å². The Morgan fingerprint density at radius 2 is 1.66 bits per heavy atom. The Morgan fingerprint density at radius 3 is 2.31 bits per heavy atom. The smallest absolute Gasteiger partial charge is 0.270 e. The lowest BCUT2D eigenvalue weighted by Crippen LogP contribution is -2.54. The van der Waals surface area contributed by atoms with E-state index >= 15 is 0 Å². The van der Waals surface area contributed by atoms with Gasteiger partial charge in [0.25, 0.3) is 11.8 Å². The molecule has 0 aliphatic carbocycles. The third-order valence-corrected chi connectivity index (χ3v) is 5.28. The number of anilines is 1. The topological polar surface area (TPSA) is 67.9 Å². The minimum absolute atomic E-state index is 0.00479. The van der Waals surface area contributed by atoms with Crippen LogP contribution in [0.15, 0.2) is 35.9 Å². The lowest BCUT2D eigenvalue weighted by Gasteiger charge is -2.30. The minimum Gasteiger partial charge on any atom is -0.493 e. The summed E-state index contributed by atoms with van der Waals surface area (Å²) >= 11 is 5.29. The highest BCUT2D eigenvalue weighted by atomic mass is 32.1. The summed E-state index contributed by atoms with van der Waals surface area (Å²) in [6.07, 6.45) is 1.55. The predicted octanol–water partition coefficient (Wildman–Crippen LogP) is 3.46. The summed E-state index contributed by atoms with van der Waals surface area (Å²) in [6.45, 7) is 5.74. The number of amides is 2. The molecule has 0 atom stereocenters. The molecule has 1 saturated heterocycles. The van der Waals surface area contributed by atoms with Crippen LogP contribution in [0.4, 0.5) is 5.69 Å². The summed E-state index contributed by atoms with van der Waals surface area (Å²) in [4.78, 5) is 27.2. The first-order valence-electron chi connectivity index (χ1n) is 8.98. The summed E-state index contributed by atoms with van der Waals surface area (Å²) in [6, 6.07) is 9.15. The molecule has 0 unspecified atom stereocenters. The van der Waals surface area contributed by atoms with Gasteiger partial charge in [-0.1, -0.05) is 12.1 Å².